The first-order chi connectivity index (χ1) is 9.32. The first-order valence-corrected chi connectivity index (χ1v) is 6.05. The van der Waals surface area contributed by atoms with Gasteiger partial charge in [0.05, 0.1) is 12.2 Å². The molecular formula is C14H13F3O3. The van der Waals surface area contributed by atoms with Crippen molar-refractivity contribution < 1.29 is 27.4 Å². The maximum Gasteiger partial charge on any atom is 0.430 e. The van der Waals surface area contributed by atoms with Crippen molar-refractivity contribution in [3.63, 3.8) is 0 Å². The van der Waals surface area contributed by atoms with Crippen LogP contribution in [0.1, 0.15) is 18.1 Å². The summed E-state index contributed by atoms with van der Waals surface area (Å²) in [5.41, 5.74) is 0.767. The van der Waals surface area contributed by atoms with Crippen LogP contribution in [0.4, 0.5) is 13.2 Å². The number of benzene rings is 1. The summed E-state index contributed by atoms with van der Waals surface area (Å²) in [6, 6.07) is 4.76. The number of aryl methyl sites for hydroxylation is 1. The normalized spacial score (nSPS) is 17.9. The van der Waals surface area contributed by atoms with Crippen molar-refractivity contribution in [2.45, 2.75) is 26.1 Å². The molecule has 0 amide bonds. The van der Waals surface area contributed by atoms with Gasteiger partial charge in [-0.1, -0.05) is 11.6 Å². The highest BCUT2D eigenvalue weighted by Gasteiger charge is 2.48. The molecule has 0 saturated carbocycles. The lowest BCUT2D eigenvalue weighted by atomic mass is 10.00. The smallest absolute Gasteiger partial charge is 0.430 e. The van der Waals surface area contributed by atoms with Gasteiger partial charge in [0, 0.05) is 5.56 Å². The number of carbonyl (C=O) groups is 1. The Kier molecular flexibility index (Phi) is 3.74. The summed E-state index contributed by atoms with van der Waals surface area (Å²) in [5.74, 6) is -0.909. The van der Waals surface area contributed by atoms with Crippen molar-refractivity contribution in [3.05, 3.63) is 34.9 Å². The quantitative estimate of drug-likeness (QED) is 0.783. The molecular weight excluding hydrogens is 273 g/mol. The average Bonchev–Trinajstić information content (AvgIpc) is 2.36. The van der Waals surface area contributed by atoms with E-state index in [1.54, 1.807) is 19.1 Å². The van der Waals surface area contributed by atoms with Crippen molar-refractivity contribution in [1.29, 1.82) is 0 Å². The number of rotatable bonds is 2. The molecule has 3 nitrogen and oxygen atoms in total. The van der Waals surface area contributed by atoms with E-state index in [4.69, 9.17) is 4.74 Å². The Hall–Kier alpha value is -1.98. The van der Waals surface area contributed by atoms with E-state index in [1.165, 1.54) is 19.1 Å². The van der Waals surface area contributed by atoms with Gasteiger partial charge in [-0.05, 0) is 32.1 Å². The zero-order valence-corrected chi connectivity index (χ0v) is 11.0. The Labute approximate surface area is 114 Å². The fourth-order valence-electron chi connectivity index (χ4n) is 1.95. The second-order valence-electron chi connectivity index (χ2n) is 4.40. The number of halogens is 3. The fourth-order valence-corrected chi connectivity index (χ4v) is 1.95. The molecule has 1 aliphatic heterocycles. The lowest BCUT2D eigenvalue weighted by Gasteiger charge is -2.27. The van der Waals surface area contributed by atoms with E-state index in [2.05, 4.69) is 4.74 Å². The van der Waals surface area contributed by atoms with E-state index in [1.807, 2.05) is 0 Å². The molecule has 6 heteroatoms. The molecule has 2 rings (SSSR count). The molecule has 0 radical (unpaired) electrons. The molecule has 0 spiro atoms. The summed E-state index contributed by atoms with van der Waals surface area (Å²) < 4.78 is 48.6. The number of hydrogen-bond donors (Lipinski definition) is 0. The number of carbonyl (C=O) groups excluding carboxylic acids is 1. The lowest BCUT2D eigenvalue weighted by molar-refractivity contribution is -0.187. The first kappa shape index (κ1) is 14.4. The molecule has 0 bridgehead atoms. The van der Waals surface area contributed by atoms with Gasteiger partial charge in [-0.15, -0.1) is 0 Å². The predicted octanol–water partition coefficient (Wildman–Crippen LogP) is 3.26. The molecule has 0 saturated heterocycles. The third-order valence-corrected chi connectivity index (χ3v) is 2.81. The summed E-state index contributed by atoms with van der Waals surface area (Å²) in [6.45, 7) is 3.33. The minimum absolute atomic E-state index is 0.00141. The summed E-state index contributed by atoms with van der Waals surface area (Å²) >= 11 is 0. The van der Waals surface area contributed by atoms with Crippen molar-refractivity contribution in [2.24, 2.45) is 0 Å². The minimum Gasteiger partial charge on any atom is -0.475 e. The van der Waals surface area contributed by atoms with E-state index in [-0.39, 0.29) is 12.4 Å². The Morgan fingerprint density at radius 2 is 2.10 bits per heavy atom. The molecule has 1 heterocycles. The number of alkyl halides is 3. The second-order valence-corrected chi connectivity index (χ2v) is 4.40. The summed E-state index contributed by atoms with van der Waals surface area (Å²) in [5, 5.41) is 0. The molecule has 0 N–H and O–H groups in total. The summed E-state index contributed by atoms with van der Waals surface area (Å²) in [4.78, 5) is 11.7. The van der Waals surface area contributed by atoms with E-state index in [0.29, 0.717) is 5.56 Å². The van der Waals surface area contributed by atoms with Gasteiger partial charge < -0.3 is 9.47 Å². The predicted molar refractivity (Wildman–Crippen MR) is 66.3 cm³/mol. The van der Waals surface area contributed by atoms with Gasteiger partial charge in [0.15, 0.2) is 0 Å². The maximum atomic E-state index is 13.0. The van der Waals surface area contributed by atoms with E-state index in [9.17, 15) is 18.0 Å². The third kappa shape index (κ3) is 2.79. The molecule has 20 heavy (non-hydrogen) atoms. The number of esters is 1. The molecule has 108 valence electrons. The Balaban J connectivity index is 2.48. The number of hydrogen-bond acceptors (Lipinski definition) is 3. The topological polar surface area (TPSA) is 35.5 Å². The van der Waals surface area contributed by atoms with Gasteiger partial charge in [0.25, 0.3) is 0 Å². The Morgan fingerprint density at radius 3 is 2.70 bits per heavy atom. The standard InChI is InChI=1S/C14H13F3O3/c1-3-19-13(18)10-7-9-6-8(2)4-5-11(9)20-12(10)14(15,16)17/h4-7,12H,3H2,1-2H3. The molecule has 0 aromatic heterocycles. The van der Waals surface area contributed by atoms with Gasteiger partial charge in [0.2, 0.25) is 6.10 Å². The molecule has 0 fully saturated rings. The van der Waals surface area contributed by atoms with Crippen LogP contribution in [0, 0.1) is 6.92 Å². The SMILES string of the molecule is CCOC(=O)C1=Cc2cc(C)ccc2OC1C(F)(F)F. The minimum atomic E-state index is -4.68. The lowest BCUT2D eigenvalue weighted by Crippen LogP contribution is -2.40. The van der Waals surface area contributed by atoms with Gasteiger partial charge >= 0.3 is 12.1 Å². The van der Waals surface area contributed by atoms with Crippen molar-refractivity contribution in [2.75, 3.05) is 6.61 Å². The number of ether oxygens (including phenoxy) is 2. The van der Waals surface area contributed by atoms with Crippen LogP contribution in [-0.2, 0) is 9.53 Å². The van der Waals surface area contributed by atoms with Gasteiger partial charge in [-0.2, -0.15) is 13.2 Å². The zero-order valence-electron chi connectivity index (χ0n) is 11.0. The van der Waals surface area contributed by atoms with Gasteiger partial charge in [-0.3, -0.25) is 0 Å². The first-order valence-electron chi connectivity index (χ1n) is 6.05. The van der Waals surface area contributed by atoms with Crippen LogP contribution in [0.15, 0.2) is 23.8 Å². The van der Waals surface area contributed by atoms with Crippen LogP contribution < -0.4 is 4.74 Å². The highest BCUT2D eigenvalue weighted by atomic mass is 19.4. The highest BCUT2D eigenvalue weighted by Crippen LogP contribution is 2.37. The Morgan fingerprint density at radius 1 is 1.40 bits per heavy atom. The summed E-state index contributed by atoms with van der Waals surface area (Å²) in [7, 11) is 0. The van der Waals surface area contributed by atoms with Crippen molar-refractivity contribution in [1.82, 2.24) is 0 Å². The van der Waals surface area contributed by atoms with Crippen LogP contribution in [0.5, 0.6) is 5.75 Å². The average molecular weight is 286 g/mol. The van der Waals surface area contributed by atoms with E-state index in [0.717, 1.165) is 5.56 Å². The van der Waals surface area contributed by atoms with Crippen LogP contribution in [0.25, 0.3) is 6.08 Å². The van der Waals surface area contributed by atoms with Crippen LogP contribution in [0.2, 0.25) is 0 Å². The van der Waals surface area contributed by atoms with Crippen molar-refractivity contribution >= 4 is 12.0 Å². The van der Waals surface area contributed by atoms with Gasteiger partial charge in [-0.25, -0.2) is 4.79 Å². The zero-order chi connectivity index (χ0) is 14.9. The van der Waals surface area contributed by atoms with E-state index >= 15 is 0 Å². The van der Waals surface area contributed by atoms with Crippen LogP contribution in [-0.4, -0.2) is 24.9 Å². The monoisotopic (exact) mass is 286 g/mol. The molecule has 1 atom stereocenters. The van der Waals surface area contributed by atoms with Crippen molar-refractivity contribution in [3.8, 4) is 5.75 Å². The third-order valence-electron chi connectivity index (χ3n) is 2.81. The molecule has 1 aromatic carbocycles. The molecule has 1 aromatic rings. The Bertz CT molecular complexity index is 561. The largest absolute Gasteiger partial charge is 0.475 e. The molecule has 1 unspecified atom stereocenters. The number of fused-ring (bicyclic) bond motifs is 1. The molecule has 1 aliphatic rings. The summed E-state index contributed by atoms with van der Waals surface area (Å²) in [6.07, 6.45) is -5.79. The highest BCUT2D eigenvalue weighted by molar-refractivity contribution is 5.96. The van der Waals surface area contributed by atoms with E-state index < -0.39 is 23.8 Å². The fraction of sp³-hybridized carbons (Fsp3) is 0.357. The van der Waals surface area contributed by atoms with Crippen LogP contribution in [0.3, 0.4) is 0 Å². The van der Waals surface area contributed by atoms with Gasteiger partial charge in [0.1, 0.15) is 5.75 Å². The molecule has 0 aliphatic carbocycles. The second kappa shape index (κ2) is 5.19. The van der Waals surface area contributed by atoms with Crippen LogP contribution >= 0.6 is 0 Å². The maximum absolute atomic E-state index is 13.0.